The molecule has 0 radical (unpaired) electrons. The minimum Gasteiger partial charge on any atom is -0.456 e. The Morgan fingerprint density at radius 2 is 1.61 bits per heavy atom. The maximum atomic E-state index is 12.3. The molecule has 0 atom stereocenters. The van der Waals surface area contributed by atoms with E-state index in [0.717, 1.165) is 0 Å². The van der Waals surface area contributed by atoms with Gasteiger partial charge in [-0.15, -0.1) is 0 Å². The van der Waals surface area contributed by atoms with Crippen LogP contribution in [-0.2, 0) is 11.3 Å². The fourth-order valence-electron chi connectivity index (χ4n) is 2.04. The van der Waals surface area contributed by atoms with Crippen LogP contribution in [0, 0.1) is 0 Å². The summed E-state index contributed by atoms with van der Waals surface area (Å²) in [6.45, 7) is 0.124. The Morgan fingerprint density at radius 1 is 0.870 bits per heavy atom. The normalized spacial score (nSPS) is 10.1. The first-order valence-corrected chi connectivity index (χ1v) is 7.22. The lowest BCUT2D eigenvalue weighted by Gasteiger charge is -2.10. The molecule has 0 aliphatic rings. The van der Waals surface area contributed by atoms with Crippen LogP contribution in [0.15, 0.2) is 79.0 Å². The average molecular weight is 305 g/mol. The van der Waals surface area contributed by atoms with Gasteiger partial charge in [0, 0.05) is 6.20 Å². The van der Waals surface area contributed by atoms with Crippen LogP contribution in [-0.4, -0.2) is 11.0 Å². The van der Waals surface area contributed by atoms with Crippen molar-refractivity contribution in [1.82, 2.24) is 4.98 Å². The van der Waals surface area contributed by atoms with Crippen molar-refractivity contribution in [1.29, 1.82) is 0 Å². The quantitative estimate of drug-likeness (QED) is 0.662. The fourth-order valence-corrected chi connectivity index (χ4v) is 2.04. The molecule has 3 aromatic rings. The zero-order chi connectivity index (χ0) is 15.9. The largest absolute Gasteiger partial charge is 0.456 e. The number of pyridine rings is 1. The molecule has 0 saturated heterocycles. The van der Waals surface area contributed by atoms with Crippen LogP contribution in [0.3, 0.4) is 0 Å². The molecule has 23 heavy (non-hydrogen) atoms. The van der Waals surface area contributed by atoms with E-state index < -0.39 is 5.97 Å². The van der Waals surface area contributed by atoms with Crippen LogP contribution in [0.5, 0.6) is 11.5 Å². The third-order valence-corrected chi connectivity index (χ3v) is 3.16. The van der Waals surface area contributed by atoms with Crippen molar-refractivity contribution < 1.29 is 14.3 Å². The van der Waals surface area contributed by atoms with Gasteiger partial charge < -0.3 is 9.47 Å². The Bertz CT molecular complexity index is 773. The zero-order valence-corrected chi connectivity index (χ0v) is 12.4. The van der Waals surface area contributed by atoms with Gasteiger partial charge in [0.15, 0.2) is 0 Å². The molecule has 0 bridgehead atoms. The summed E-state index contributed by atoms with van der Waals surface area (Å²) in [6.07, 6.45) is 1.66. The van der Waals surface area contributed by atoms with Crippen molar-refractivity contribution in [3.8, 4) is 11.5 Å². The Labute approximate surface area is 134 Å². The number of hydrogen-bond acceptors (Lipinski definition) is 4. The van der Waals surface area contributed by atoms with E-state index in [4.69, 9.17) is 9.47 Å². The van der Waals surface area contributed by atoms with Gasteiger partial charge in [-0.05, 0) is 36.4 Å². The minimum atomic E-state index is -0.442. The number of nitrogens with zero attached hydrogens (tertiary/aromatic N) is 1. The summed E-state index contributed by atoms with van der Waals surface area (Å²) in [6, 6.07) is 21.8. The summed E-state index contributed by atoms with van der Waals surface area (Å²) in [5, 5.41) is 0. The SMILES string of the molecule is O=C(OCc1ccccn1)c1ccccc1Oc1ccccc1. The smallest absolute Gasteiger partial charge is 0.342 e. The Kier molecular flexibility index (Phi) is 4.64. The molecule has 0 amide bonds. The van der Waals surface area contributed by atoms with E-state index in [-0.39, 0.29) is 6.61 Å². The third-order valence-electron chi connectivity index (χ3n) is 3.16. The molecule has 1 aromatic heterocycles. The molecule has 0 unspecified atom stereocenters. The Balaban J connectivity index is 1.73. The second-order valence-corrected chi connectivity index (χ2v) is 4.81. The van der Waals surface area contributed by atoms with E-state index in [9.17, 15) is 4.79 Å². The molecule has 1 heterocycles. The molecule has 0 saturated carbocycles. The van der Waals surface area contributed by atoms with Crippen LogP contribution in [0.1, 0.15) is 16.1 Å². The van der Waals surface area contributed by atoms with Crippen LogP contribution < -0.4 is 4.74 Å². The monoisotopic (exact) mass is 305 g/mol. The molecule has 0 N–H and O–H groups in total. The highest BCUT2D eigenvalue weighted by molar-refractivity contribution is 5.92. The number of hydrogen-bond donors (Lipinski definition) is 0. The molecule has 3 rings (SSSR count). The maximum Gasteiger partial charge on any atom is 0.342 e. The van der Waals surface area contributed by atoms with E-state index in [1.54, 1.807) is 30.5 Å². The number of ether oxygens (including phenoxy) is 2. The highest BCUT2D eigenvalue weighted by Gasteiger charge is 2.14. The third kappa shape index (κ3) is 3.95. The van der Waals surface area contributed by atoms with E-state index in [1.165, 1.54) is 0 Å². The van der Waals surface area contributed by atoms with Crippen LogP contribution >= 0.6 is 0 Å². The van der Waals surface area contributed by atoms with Gasteiger partial charge in [0.1, 0.15) is 23.7 Å². The first-order valence-electron chi connectivity index (χ1n) is 7.22. The minimum absolute atomic E-state index is 0.124. The summed E-state index contributed by atoms with van der Waals surface area (Å²) in [4.78, 5) is 16.4. The van der Waals surface area contributed by atoms with Crippen LogP contribution in [0.2, 0.25) is 0 Å². The average Bonchev–Trinajstić information content (AvgIpc) is 2.62. The lowest BCUT2D eigenvalue weighted by atomic mass is 10.2. The molecular formula is C19H15NO3. The van der Waals surface area contributed by atoms with Crippen molar-refractivity contribution in [3.05, 3.63) is 90.3 Å². The van der Waals surface area contributed by atoms with Gasteiger partial charge in [-0.1, -0.05) is 36.4 Å². The second kappa shape index (κ2) is 7.22. The Morgan fingerprint density at radius 3 is 2.39 bits per heavy atom. The summed E-state index contributed by atoms with van der Waals surface area (Å²) in [7, 11) is 0. The zero-order valence-electron chi connectivity index (χ0n) is 12.4. The number of para-hydroxylation sites is 2. The predicted molar refractivity (Wildman–Crippen MR) is 86.3 cm³/mol. The highest BCUT2D eigenvalue weighted by Crippen LogP contribution is 2.25. The molecule has 4 nitrogen and oxygen atoms in total. The lowest BCUT2D eigenvalue weighted by Crippen LogP contribution is -2.07. The van der Waals surface area contributed by atoms with Crippen molar-refractivity contribution in [2.24, 2.45) is 0 Å². The number of benzene rings is 2. The van der Waals surface area contributed by atoms with Crippen LogP contribution in [0.4, 0.5) is 0 Å². The molecule has 0 aliphatic heterocycles. The van der Waals surface area contributed by atoms with E-state index >= 15 is 0 Å². The second-order valence-electron chi connectivity index (χ2n) is 4.81. The van der Waals surface area contributed by atoms with Crippen molar-refractivity contribution in [2.75, 3.05) is 0 Å². The van der Waals surface area contributed by atoms with Gasteiger partial charge in [-0.3, -0.25) is 4.98 Å². The van der Waals surface area contributed by atoms with E-state index in [1.807, 2.05) is 48.5 Å². The lowest BCUT2D eigenvalue weighted by molar-refractivity contribution is 0.0465. The number of aromatic nitrogens is 1. The van der Waals surface area contributed by atoms with Gasteiger partial charge in [-0.2, -0.15) is 0 Å². The summed E-state index contributed by atoms with van der Waals surface area (Å²) in [5.41, 5.74) is 1.08. The molecule has 114 valence electrons. The van der Waals surface area contributed by atoms with Gasteiger partial charge in [0.25, 0.3) is 0 Å². The standard InChI is InChI=1S/C19H15NO3/c21-19(22-14-15-8-6-7-13-20-15)17-11-4-5-12-18(17)23-16-9-2-1-3-10-16/h1-13H,14H2. The highest BCUT2D eigenvalue weighted by atomic mass is 16.5. The number of carbonyl (C=O) groups is 1. The topological polar surface area (TPSA) is 48.4 Å². The molecular weight excluding hydrogens is 290 g/mol. The molecule has 0 aliphatic carbocycles. The van der Waals surface area contributed by atoms with Crippen molar-refractivity contribution in [2.45, 2.75) is 6.61 Å². The van der Waals surface area contributed by atoms with Crippen LogP contribution in [0.25, 0.3) is 0 Å². The summed E-state index contributed by atoms with van der Waals surface area (Å²) >= 11 is 0. The van der Waals surface area contributed by atoms with Gasteiger partial charge >= 0.3 is 5.97 Å². The Hall–Kier alpha value is -3.14. The van der Waals surface area contributed by atoms with Crippen molar-refractivity contribution >= 4 is 5.97 Å². The van der Waals surface area contributed by atoms with Gasteiger partial charge in [0.05, 0.1) is 5.69 Å². The molecule has 4 heteroatoms. The first kappa shape index (κ1) is 14.8. The number of esters is 1. The summed E-state index contributed by atoms with van der Waals surface area (Å²) < 4.78 is 11.1. The number of rotatable bonds is 5. The molecule has 2 aromatic carbocycles. The van der Waals surface area contributed by atoms with Gasteiger partial charge in [0.2, 0.25) is 0 Å². The summed E-state index contributed by atoms with van der Waals surface area (Å²) in [5.74, 6) is 0.685. The van der Waals surface area contributed by atoms with Gasteiger partial charge in [-0.25, -0.2) is 4.79 Å². The van der Waals surface area contributed by atoms with E-state index in [0.29, 0.717) is 22.8 Å². The maximum absolute atomic E-state index is 12.3. The molecule has 0 fully saturated rings. The predicted octanol–water partition coefficient (Wildman–Crippen LogP) is 4.23. The molecule has 0 spiro atoms. The van der Waals surface area contributed by atoms with Crippen molar-refractivity contribution in [3.63, 3.8) is 0 Å². The number of carbonyl (C=O) groups excluding carboxylic acids is 1. The fraction of sp³-hybridized carbons (Fsp3) is 0.0526. The van der Waals surface area contributed by atoms with E-state index in [2.05, 4.69) is 4.98 Å². The first-order chi connectivity index (χ1) is 11.3.